The van der Waals surface area contributed by atoms with Crippen LogP contribution in [0.5, 0.6) is 5.75 Å². The maximum absolute atomic E-state index is 12.5. The topological polar surface area (TPSA) is 67.4 Å². The third-order valence-corrected chi connectivity index (χ3v) is 5.88. The van der Waals surface area contributed by atoms with Crippen molar-refractivity contribution < 1.29 is 14.3 Å². The Kier molecular flexibility index (Phi) is 6.98. The number of rotatable bonds is 8. The van der Waals surface area contributed by atoms with Crippen molar-refractivity contribution in [3.63, 3.8) is 0 Å². The highest BCUT2D eigenvalue weighted by Gasteiger charge is 2.29. The summed E-state index contributed by atoms with van der Waals surface area (Å²) in [6, 6.07) is 15.3. The molecule has 1 aliphatic heterocycles. The molecule has 0 saturated heterocycles. The van der Waals surface area contributed by atoms with Crippen LogP contribution in [-0.4, -0.2) is 23.7 Å². The average molecular weight is 399 g/mol. The Morgan fingerprint density at radius 1 is 1.21 bits per heavy atom. The zero-order chi connectivity index (χ0) is 19.9. The molecule has 2 aromatic carbocycles. The number of ether oxygens (including phenoxy) is 1. The molecular formula is C22H26N2O3S. The highest BCUT2D eigenvalue weighted by atomic mass is 32.2. The number of fused-ring (bicyclic) bond motifs is 1. The van der Waals surface area contributed by atoms with Crippen molar-refractivity contribution in [1.29, 1.82) is 0 Å². The Labute approximate surface area is 170 Å². The number of unbranched alkanes of at least 4 members (excludes halogenated alkanes) is 1. The fourth-order valence-electron chi connectivity index (χ4n) is 2.97. The quantitative estimate of drug-likeness (QED) is 0.641. The summed E-state index contributed by atoms with van der Waals surface area (Å²) in [6.45, 7) is 4.78. The van der Waals surface area contributed by atoms with Gasteiger partial charge in [-0.2, -0.15) is 0 Å². The van der Waals surface area contributed by atoms with Crippen LogP contribution in [-0.2, 0) is 9.59 Å². The largest absolute Gasteiger partial charge is 0.494 e. The zero-order valence-corrected chi connectivity index (χ0v) is 17.1. The number of amides is 2. The minimum Gasteiger partial charge on any atom is -0.494 e. The Hall–Kier alpha value is -2.47. The predicted molar refractivity (Wildman–Crippen MR) is 113 cm³/mol. The van der Waals surface area contributed by atoms with E-state index < -0.39 is 5.25 Å². The third-order valence-electron chi connectivity index (χ3n) is 4.60. The van der Waals surface area contributed by atoms with Crippen LogP contribution in [0.3, 0.4) is 0 Å². The number of carbonyl (C=O) groups excluding carboxylic acids is 2. The minimum absolute atomic E-state index is 0.125. The summed E-state index contributed by atoms with van der Waals surface area (Å²) in [5, 5.41) is 5.44. The van der Waals surface area contributed by atoms with Crippen LogP contribution in [0.1, 0.15) is 44.7 Å². The molecule has 0 saturated carbocycles. The standard InChI is InChI=1S/C22H26N2O3S/c1-3-4-13-27-17-11-9-16(10-12-17)15(2)23-21(25)14-20-22(26)24-18-7-5-6-8-19(18)28-20/h5-12,15,20H,3-4,13-14H2,1-2H3,(H,23,25)(H,24,26)/t15-,20-/m1/s1. The van der Waals surface area contributed by atoms with E-state index in [4.69, 9.17) is 4.74 Å². The first kappa shape index (κ1) is 20.3. The average Bonchev–Trinajstić information content (AvgIpc) is 2.69. The highest BCUT2D eigenvalue weighted by molar-refractivity contribution is 8.01. The van der Waals surface area contributed by atoms with Crippen molar-refractivity contribution in [2.24, 2.45) is 0 Å². The molecule has 148 valence electrons. The van der Waals surface area contributed by atoms with E-state index >= 15 is 0 Å². The molecule has 0 bridgehead atoms. The molecule has 0 fully saturated rings. The van der Waals surface area contributed by atoms with Crippen molar-refractivity contribution in [2.45, 2.75) is 49.3 Å². The van der Waals surface area contributed by atoms with Gasteiger partial charge in [0.25, 0.3) is 0 Å². The van der Waals surface area contributed by atoms with Gasteiger partial charge in [-0.1, -0.05) is 37.6 Å². The van der Waals surface area contributed by atoms with Crippen LogP contribution in [0.25, 0.3) is 0 Å². The fraction of sp³-hybridized carbons (Fsp3) is 0.364. The smallest absolute Gasteiger partial charge is 0.238 e. The first-order valence-corrected chi connectivity index (χ1v) is 10.5. The lowest BCUT2D eigenvalue weighted by atomic mass is 10.1. The van der Waals surface area contributed by atoms with Gasteiger partial charge < -0.3 is 15.4 Å². The molecule has 2 atom stereocenters. The van der Waals surface area contributed by atoms with E-state index in [1.54, 1.807) is 0 Å². The first-order valence-electron chi connectivity index (χ1n) is 9.65. The monoisotopic (exact) mass is 398 g/mol. The Morgan fingerprint density at radius 2 is 1.96 bits per heavy atom. The molecule has 1 aliphatic rings. The molecule has 1 heterocycles. The van der Waals surface area contributed by atoms with E-state index in [9.17, 15) is 9.59 Å². The lowest BCUT2D eigenvalue weighted by Gasteiger charge is -2.24. The van der Waals surface area contributed by atoms with E-state index in [0.29, 0.717) is 6.61 Å². The molecule has 0 radical (unpaired) electrons. The molecule has 3 rings (SSSR count). The summed E-state index contributed by atoms with van der Waals surface area (Å²) in [4.78, 5) is 25.7. The molecular weight excluding hydrogens is 372 g/mol. The van der Waals surface area contributed by atoms with E-state index in [1.165, 1.54) is 11.8 Å². The van der Waals surface area contributed by atoms with Crippen molar-refractivity contribution in [2.75, 3.05) is 11.9 Å². The molecule has 2 N–H and O–H groups in total. The number of hydrogen-bond acceptors (Lipinski definition) is 4. The summed E-state index contributed by atoms with van der Waals surface area (Å²) >= 11 is 1.44. The van der Waals surface area contributed by atoms with Crippen LogP contribution >= 0.6 is 11.8 Å². The Morgan fingerprint density at radius 3 is 2.71 bits per heavy atom. The van der Waals surface area contributed by atoms with Crippen molar-refractivity contribution in [3.8, 4) is 5.75 Å². The summed E-state index contributed by atoms with van der Waals surface area (Å²) in [5.41, 5.74) is 1.81. The number of anilines is 1. The SMILES string of the molecule is CCCCOc1ccc([C@@H](C)NC(=O)C[C@H]2Sc3ccccc3NC2=O)cc1. The van der Waals surface area contributed by atoms with Crippen molar-refractivity contribution in [1.82, 2.24) is 5.32 Å². The van der Waals surface area contributed by atoms with Gasteiger partial charge in [-0.05, 0) is 43.2 Å². The van der Waals surface area contributed by atoms with E-state index in [1.807, 2.05) is 55.5 Å². The predicted octanol–water partition coefficient (Wildman–Crippen LogP) is 4.55. The number of nitrogens with one attached hydrogen (secondary N) is 2. The number of carbonyl (C=O) groups is 2. The van der Waals surface area contributed by atoms with Crippen molar-refractivity contribution in [3.05, 3.63) is 54.1 Å². The van der Waals surface area contributed by atoms with E-state index in [-0.39, 0.29) is 24.3 Å². The first-order chi connectivity index (χ1) is 13.6. The lowest BCUT2D eigenvalue weighted by Crippen LogP contribution is -2.35. The maximum atomic E-state index is 12.5. The summed E-state index contributed by atoms with van der Waals surface area (Å²) in [5.74, 6) is 0.576. The molecule has 2 aromatic rings. The lowest BCUT2D eigenvalue weighted by molar-refractivity contribution is -0.124. The van der Waals surface area contributed by atoms with Crippen LogP contribution < -0.4 is 15.4 Å². The maximum Gasteiger partial charge on any atom is 0.238 e. The number of benzene rings is 2. The second-order valence-electron chi connectivity index (χ2n) is 6.86. The molecule has 0 aromatic heterocycles. The van der Waals surface area contributed by atoms with Crippen LogP contribution in [0.2, 0.25) is 0 Å². The number of thioether (sulfide) groups is 1. The van der Waals surface area contributed by atoms with Gasteiger partial charge in [-0.25, -0.2) is 0 Å². The number of hydrogen-bond donors (Lipinski definition) is 2. The van der Waals surface area contributed by atoms with Gasteiger partial charge in [-0.3, -0.25) is 9.59 Å². The molecule has 0 aliphatic carbocycles. The summed E-state index contributed by atoms with van der Waals surface area (Å²) < 4.78 is 5.67. The van der Waals surface area contributed by atoms with Gasteiger partial charge in [0.15, 0.2) is 0 Å². The molecule has 2 amide bonds. The minimum atomic E-state index is -0.420. The van der Waals surface area contributed by atoms with E-state index in [2.05, 4.69) is 17.6 Å². The van der Waals surface area contributed by atoms with Crippen molar-refractivity contribution >= 4 is 29.3 Å². The second kappa shape index (κ2) is 9.64. The van der Waals surface area contributed by atoms with Gasteiger partial charge in [0.1, 0.15) is 5.75 Å². The third kappa shape index (κ3) is 5.29. The Bertz CT molecular complexity index is 823. The normalized spacial score (nSPS) is 16.6. The molecule has 0 unspecified atom stereocenters. The molecule has 5 nitrogen and oxygen atoms in total. The summed E-state index contributed by atoms with van der Waals surface area (Å²) in [7, 11) is 0. The van der Waals surface area contributed by atoms with Crippen LogP contribution in [0.4, 0.5) is 5.69 Å². The van der Waals surface area contributed by atoms with Gasteiger partial charge >= 0.3 is 0 Å². The molecule has 6 heteroatoms. The van der Waals surface area contributed by atoms with Gasteiger partial charge in [-0.15, -0.1) is 11.8 Å². The van der Waals surface area contributed by atoms with Gasteiger partial charge in [0.2, 0.25) is 11.8 Å². The number of para-hydroxylation sites is 1. The van der Waals surface area contributed by atoms with E-state index in [0.717, 1.165) is 34.7 Å². The van der Waals surface area contributed by atoms with Crippen LogP contribution in [0, 0.1) is 0 Å². The van der Waals surface area contributed by atoms with Gasteiger partial charge in [0.05, 0.1) is 23.6 Å². The second-order valence-corrected chi connectivity index (χ2v) is 8.10. The summed E-state index contributed by atoms with van der Waals surface area (Å²) in [6.07, 6.45) is 2.28. The fourth-order valence-corrected chi connectivity index (χ4v) is 4.08. The zero-order valence-electron chi connectivity index (χ0n) is 16.2. The highest BCUT2D eigenvalue weighted by Crippen LogP contribution is 2.36. The molecule has 28 heavy (non-hydrogen) atoms. The Balaban J connectivity index is 1.52. The van der Waals surface area contributed by atoms with Gasteiger partial charge in [0, 0.05) is 11.3 Å². The van der Waals surface area contributed by atoms with Crippen LogP contribution in [0.15, 0.2) is 53.4 Å². The molecule has 0 spiro atoms.